The predicted octanol–water partition coefficient (Wildman–Crippen LogP) is 3.40. The SMILES string of the molecule is Cc1ccc([C@H](C)CCN2C[C@H]3NC(=O)c4ccccc4C(=O)[C@@]3(C)C2)o1. The zero-order valence-corrected chi connectivity index (χ0v) is 16.1. The Morgan fingerprint density at radius 1 is 1.22 bits per heavy atom. The van der Waals surface area contributed by atoms with Crippen LogP contribution < -0.4 is 5.32 Å². The summed E-state index contributed by atoms with van der Waals surface area (Å²) in [6, 6.07) is 11.0. The molecule has 3 heterocycles. The average molecular weight is 366 g/mol. The molecule has 4 rings (SSSR count). The van der Waals surface area contributed by atoms with E-state index in [1.165, 1.54) is 0 Å². The Labute approximate surface area is 159 Å². The van der Waals surface area contributed by atoms with Gasteiger partial charge in [0, 0.05) is 24.6 Å². The van der Waals surface area contributed by atoms with Crippen molar-refractivity contribution in [3.8, 4) is 0 Å². The van der Waals surface area contributed by atoms with Crippen molar-refractivity contribution in [2.24, 2.45) is 5.41 Å². The number of hydrogen-bond acceptors (Lipinski definition) is 4. The quantitative estimate of drug-likeness (QED) is 0.901. The predicted molar refractivity (Wildman–Crippen MR) is 103 cm³/mol. The maximum Gasteiger partial charge on any atom is 0.252 e. The second-order valence-corrected chi connectivity index (χ2v) is 8.19. The Morgan fingerprint density at radius 3 is 2.67 bits per heavy atom. The van der Waals surface area contributed by atoms with Gasteiger partial charge < -0.3 is 14.6 Å². The molecular formula is C22H26N2O3. The molecule has 1 aromatic carbocycles. The molecule has 0 aliphatic carbocycles. The standard InChI is InChI=1S/C22H26N2O3/c1-14(18-9-8-15(2)27-18)10-11-24-12-19-22(3,13-24)20(25)16-6-4-5-7-17(16)21(26)23-19/h4-9,14,19H,10-13H2,1-3H3,(H,23,26)/t14-,19-,22+/m1/s1. The van der Waals surface area contributed by atoms with E-state index in [9.17, 15) is 9.59 Å². The topological polar surface area (TPSA) is 62.6 Å². The molecule has 0 bridgehead atoms. The van der Waals surface area contributed by atoms with Gasteiger partial charge in [0.1, 0.15) is 11.5 Å². The lowest BCUT2D eigenvalue weighted by molar-refractivity contribution is 0.0790. The van der Waals surface area contributed by atoms with Crippen molar-refractivity contribution >= 4 is 11.7 Å². The molecule has 1 N–H and O–H groups in total. The molecular weight excluding hydrogens is 340 g/mol. The van der Waals surface area contributed by atoms with Gasteiger partial charge in [0.25, 0.3) is 5.91 Å². The van der Waals surface area contributed by atoms with Gasteiger partial charge in [0.15, 0.2) is 5.78 Å². The number of carbonyl (C=O) groups excluding carboxylic acids is 2. The van der Waals surface area contributed by atoms with Crippen LogP contribution in [0.15, 0.2) is 40.8 Å². The van der Waals surface area contributed by atoms with E-state index in [1.807, 2.05) is 32.0 Å². The molecule has 2 aliphatic rings. The Hall–Kier alpha value is -2.40. The molecule has 1 fully saturated rings. The second kappa shape index (κ2) is 6.64. The van der Waals surface area contributed by atoms with Crippen LogP contribution in [-0.4, -0.2) is 42.3 Å². The lowest BCUT2D eigenvalue weighted by Gasteiger charge is -2.27. The number of aryl methyl sites for hydroxylation is 1. The maximum atomic E-state index is 13.3. The fourth-order valence-electron chi connectivity index (χ4n) is 4.36. The van der Waals surface area contributed by atoms with Crippen molar-refractivity contribution in [2.75, 3.05) is 19.6 Å². The molecule has 3 atom stereocenters. The Morgan fingerprint density at radius 2 is 1.96 bits per heavy atom. The number of nitrogens with one attached hydrogen (secondary N) is 1. The summed E-state index contributed by atoms with van der Waals surface area (Å²) in [4.78, 5) is 28.2. The molecule has 1 saturated heterocycles. The highest BCUT2D eigenvalue weighted by Gasteiger charge is 2.51. The van der Waals surface area contributed by atoms with Gasteiger partial charge in [-0.15, -0.1) is 0 Å². The van der Waals surface area contributed by atoms with Crippen LogP contribution in [0.5, 0.6) is 0 Å². The number of likely N-dealkylation sites (tertiary alicyclic amines) is 1. The number of fused-ring (bicyclic) bond motifs is 2. The van der Waals surface area contributed by atoms with Crippen LogP contribution in [0.2, 0.25) is 0 Å². The minimum Gasteiger partial charge on any atom is -0.466 e. The van der Waals surface area contributed by atoms with Crippen LogP contribution in [0.1, 0.15) is 58.4 Å². The highest BCUT2D eigenvalue weighted by atomic mass is 16.3. The summed E-state index contributed by atoms with van der Waals surface area (Å²) in [5.41, 5.74) is 0.444. The highest BCUT2D eigenvalue weighted by molar-refractivity contribution is 6.12. The number of hydrogen-bond donors (Lipinski definition) is 1. The Kier molecular flexibility index (Phi) is 4.42. The lowest BCUT2D eigenvalue weighted by atomic mass is 9.78. The first-order valence-electron chi connectivity index (χ1n) is 9.62. The van der Waals surface area contributed by atoms with Gasteiger partial charge in [0.2, 0.25) is 0 Å². The number of nitrogens with zero attached hydrogens (tertiary/aromatic N) is 1. The van der Waals surface area contributed by atoms with Crippen molar-refractivity contribution in [3.05, 3.63) is 59.0 Å². The minimum atomic E-state index is -0.591. The van der Waals surface area contributed by atoms with Crippen LogP contribution in [0.4, 0.5) is 0 Å². The number of carbonyl (C=O) groups is 2. The van der Waals surface area contributed by atoms with E-state index in [2.05, 4.69) is 17.1 Å². The number of rotatable bonds is 4. The number of furan rings is 1. The van der Waals surface area contributed by atoms with Crippen LogP contribution in [0.3, 0.4) is 0 Å². The molecule has 1 amide bonds. The van der Waals surface area contributed by atoms with E-state index >= 15 is 0 Å². The zero-order chi connectivity index (χ0) is 19.2. The third-order valence-corrected chi connectivity index (χ3v) is 6.13. The third kappa shape index (κ3) is 3.10. The highest BCUT2D eigenvalue weighted by Crippen LogP contribution is 2.37. The monoisotopic (exact) mass is 366 g/mol. The number of ketones is 1. The van der Waals surface area contributed by atoms with E-state index in [0.29, 0.717) is 30.1 Å². The molecule has 142 valence electrons. The van der Waals surface area contributed by atoms with E-state index in [1.54, 1.807) is 18.2 Å². The number of benzene rings is 1. The number of Topliss-reactive ketones (excluding diaryl/α,β-unsaturated/α-hetero) is 1. The van der Waals surface area contributed by atoms with Crippen molar-refractivity contribution in [1.29, 1.82) is 0 Å². The summed E-state index contributed by atoms with van der Waals surface area (Å²) in [6.45, 7) is 8.34. The Balaban J connectivity index is 1.49. The van der Waals surface area contributed by atoms with Gasteiger partial charge in [-0.2, -0.15) is 0 Å². The van der Waals surface area contributed by atoms with Crippen LogP contribution in [-0.2, 0) is 0 Å². The van der Waals surface area contributed by atoms with Crippen molar-refractivity contribution in [2.45, 2.75) is 39.2 Å². The second-order valence-electron chi connectivity index (χ2n) is 8.19. The summed E-state index contributed by atoms with van der Waals surface area (Å²) < 4.78 is 5.73. The van der Waals surface area contributed by atoms with Crippen LogP contribution in [0, 0.1) is 12.3 Å². The summed E-state index contributed by atoms with van der Waals surface area (Å²) in [7, 11) is 0. The largest absolute Gasteiger partial charge is 0.466 e. The van der Waals surface area contributed by atoms with E-state index in [-0.39, 0.29) is 17.7 Å². The Bertz CT molecular complexity index is 887. The van der Waals surface area contributed by atoms with Gasteiger partial charge in [-0.3, -0.25) is 9.59 Å². The molecule has 2 aliphatic heterocycles. The molecule has 2 aromatic rings. The van der Waals surface area contributed by atoms with Gasteiger partial charge in [0.05, 0.1) is 17.0 Å². The first-order valence-corrected chi connectivity index (χ1v) is 9.62. The van der Waals surface area contributed by atoms with Gasteiger partial charge in [-0.1, -0.05) is 25.1 Å². The summed E-state index contributed by atoms with van der Waals surface area (Å²) in [5.74, 6) is 2.18. The normalized spacial score (nSPS) is 26.3. The fraction of sp³-hybridized carbons (Fsp3) is 0.455. The zero-order valence-electron chi connectivity index (χ0n) is 16.1. The molecule has 27 heavy (non-hydrogen) atoms. The molecule has 0 radical (unpaired) electrons. The van der Waals surface area contributed by atoms with Gasteiger partial charge in [-0.05, 0) is 45.0 Å². The first kappa shape index (κ1) is 18.0. The van der Waals surface area contributed by atoms with E-state index in [4.69, 9.17) is 4.42 Å². The molecule has 0 saturated carbocycles. The summed E-state index contributed by atoms with van der Waals surface area (Å²) >= 11 is 0. The first-order chi connectivity index (χ1) is 12.9. The fourth-order valence-corrected chi connectivity index (χ4v) is 4.36. The van der Waals surface area contributed by atoms with E-state index < -0.39 is 5.41 Å². The molecule has 0 spiro atoms. The molecule has 5 nitrogen and oxygen atoms in total. The molecule has 5 heteroatoms. The van der Waals surface area contributed by atoms with E-state index in [0.717, 1.165) is 24.5 Å². The van der Waals surface area contributed by atoms with Crippen LogP contribution in [0.25, 0.3) is 0 Å². The summed E-state index contributed by atoms with van der Waals surface area (Å²) in [6.07, 6.45) is 0.953. The van der Waals surface area contributed by atoms with Crippen molar-refractivity contribution < 1.29 is 14.0 Å². The molecule has 0 unspecified atom stereocenters. The lowest BCUT2D eigenvalue weighted by Crippen LogP contribution is -2.47. The van der Waals surface area contributed by atoms with Crippen molar-refractivity contribution in [3.63, 3.8) is 0 Å². The molecule has 1 aromatic heterocycles. The third-order valence-electron chi connectivity index (χ3n) is 6.13. The van der Waals surface area contributed by atoms with Gasteiger partial charge in [-0.25, -0.2) is 0 Å². The smallest absolute Gasteiger partial charge is 0.252 e. The van der Waals surface area contributed by atoms with Gasteiger partial charge >= 0.3 is 0 Å². The maximum absolute atomic E-state index is 13.3. The minimum absolute atomic E-state index is 0.0682. The van der Waals surface area contributed by atoms with Crippen LogP contribution >= 0.6 is 0 Å². The number of amides is 1. The summed E-state index contributed by atoms with van der Waals surface area (Å²) in [5, 5.41) is 3.10. The average Bonchev–Trinajstić information content (AvgIpc) is 3.21. The van der Waals surface area contributed by atoms with Crippen molar-refractivity contribution in [1.82, 2.24) is 10.2 Å².